The molecular formula is C16H25NS. The molecule has 0 aliphatic heterocycles. The number of hydrogen-bond acceptors (Lipinski definition) is 2. The molecule has 1 N–H and O–H groups in total. The van der Waals surface area contributed by atoms with Crippen LogP contribution in [-0.4, -0.2) is 12.6 Å². The van der Waals surface area contributed by atoms with Crippen LogP contribution in [0.25, 0.3) is 0 Å². The summed E-state index contributed by atoms with van der Waals surface area (Å²) >= 11 is 1.91. The van der Waals surface area contributed by atoms with Gasteiger partial charge in [0, 0.05) is 10.9 Å². The number of fused-ring (bicyclic) bond motifs is 2. The lowest BCUT2D eigenvalue weighted by molar-refractivity contribution is 0.241. The zero-order valence-corrected chi connectivity index (χ0v) is 12.2. The van der Waals surface area contributed by atoms with Crippen molar-refractivity contribution >= 4 is 11.3 Å². The van der Waals surface area contributed by atoms with Crippen molar-refractivity contribution in [2.75, 3.05) is 6.54 Å². The highest BCUT2D eigenvalue weighted by Crippen LogP contribution is 2.50. The van der Waals surface area contributed by atoms with Crippen LogP contribution in [0.5, 0.6) is 0 Å². The third kappa shape index (κ3) is 2.65. The Balaban J connectivity index is 1.58. The molecule has 18 heavy (non-hydrogen) atoms. The Morgan fingerprint density at radius 1 is 1.39 bits per heavy atom. The smallest absolute Gasteiger partial charge is 0.0101 e. The van der Waals surface area contributed by atoms with Crippen LogP contribution in [0.4, 0.5) is 0 Å². The molecule has 1 nitrogen and oxygen atoms in total. The summed E-state index contributed by atoms with van der Waals surface area (Å²) in [6.45, 7) is 3.38. The first kappa shape index (κ1) is 12.7. The van der Waals surface area contributed by atoms with Gasteiger partial charge in [-0.1, -0.05) is 19.4 Å². The van der Waals surface area contributed by atoms with Crippen LogP contribution in [0.1, 0.15) is 43.9 Å². The van der Waals surface area contributed by atoms with E-state index in [1.54, 1.807) is 4.88 Å². The van der Waals surface area contributed by atoms with E-state index in [-0.39, 0.29) is 0 Å². The average Bonchev–Trinajstić information content (AvgIpc) is 3.10. The van der Waals surface area contributed by atoms with E-state index in [1.807, 2.05) is 11.3 Å². The number of nitrogens with one attached hydrogen (secondary N) is 1. The van der Waals surface area contributed by atoms with Crippen LogP contribution < -0.4 is 5.32 Å². The van der Waals surface area contributed by atoms with Gasteiger partial charge in [-0.3, -0.25) is 0 Å². The standard InChI is InChI=1S/C16H25NS/c1-2-17-16(8-7-14-4-3-9-18-14)15-11-12-5-6-13(15)10-12/h3-4,9,12-13,15-17H,2,5-8,10-11H2,1H3. The Morgan fingerprint density at radius 3 is 2.94 bits per heavy atom. The second kappa shape index (κ2) is 5.75. The Bertz CT molecular complexity index is 359. The van der Waals surface area contributed by atoms with Gasteiger partial charge in [0.25, 0.3) is 0 Å². The molecule has 2 aliphatic carbocycles. The molecule has 0 aromatic carbocycles. The van der Waals surface area contributed by atoms with E-state index in [2.05, 4.69) is 29.8 Å². The lowest BCUT2D eigenvalue weighted by atomic mass is 9.81. The molecule has 2 bridgehead atoms. The van der Waals surface area contributed by atoms with Gasteiger partial charge in [-0.15, -0.1) is 11.3 Å². The number of thiophene rings is 1. The molecule has 2 aliphatic rings. The van der Waals surface area contributed by atoms with Gasteiger partial charge in [0.15, 0.2) is 0 Å². The molecule has 1 aromatic rings. The van der Waals surface area contributed by atoms with E-state index >= 15 is 0 Å². The molecule has 4 atom stereocenters. The van der Waals surface area contributed by atoms with Crippen LogP contribution in [0.15, 0.2) is 17.5 Å². The van der Waals surface area contributed by atoms with Gasteiger partial charge in [-0.25, -0.2) is 0 Å². The molecule has 2 heteroatoms. The summed E-state index contributed by atoms with van der Waals surface area (Å²) in [6, 6.07) is 5.24. The van der Waals surface area contributed by atoms with Crippen molar-refractivity contribution in [3.63, 3.8) is 0 Å². The molecule has 0 amide bonds. The lowest BCUT2D eigenvalue weighted by Gasteiger charge is -2.31. The van der Waals surface area contributed by atoms with Gasteiger partial charge >= 0.3 is 0 Å². The molecule has 4 unspecified atom stereocenters. The van der Waals surface area contributed by atoms with Gasteiger partial charge in [0.2, 0.25) is 0 Å². The average molecular weight is 263 g/mol. The third-order valence-electron chi connectivity index (χ3n) is 5.06. The largest absolute Gasteiger partial charge is 0.314 e. The number of rotatable bonds is 6. The molecule has 2 saturated carbocycles. The predicted octanol–water partition coefficient (Wildman–Crippen LogP) is 4.10. The van der Waals surface area contributed by atoms with Crippen molar-refractivity contribution in [1.82, 2.24) is 5.32 Å². The molecule has 100 valence electrons. The molecule has 0 spiro atoms. The Morgan fingerprint density at radius 2 is 2.33 bits per heavy atom. The lowest BCUT2D eigenvalue weighted by Crippen LogP contribution is -2.39. The van der Waals surface area contributed by atoms with Crippen LogP contribution in [0.2, 0.25) is 0 Å². The van der Waals surface area contributed by atoms with Gasteiger partial charge in [-0.05, 0) is 67.8 Å². The molecule has 1 aromatic heterocycles. The summed E-state index contributed by atoms with van der Waals surface area (Å²) in [5.41, 5.74) is 0. The van der Waals surface area contributed by atoms with Crippen molar-refractivity contribution in [3.8, 4) is 0 Å². The van der Waals surface area contributed by atoms with E-state index in [4.69, 9.17) is 0 Å². The van der Waals surface area contributed by atoms with E-state index in [0.29, 0.717) is 0 Å². The summed E-state index contributed by atoms with van der Waals surface area (Å²) in [6.07, 6.45) is 8.67. The van der Waals surface area contributed by atoms with Gasteiger partial charge in [0.1, 0.15) is 0 Å². The first-order valence-electron chi connectivity index (χ1n) is 7.62. The topological polar surface area (TPSA) is 12.0 Å². The minimum atomic E-state index is 0.771. The van der Waals surface area contributed by atoms with Crippen molar-refractivity contribution in [2.45, 2.75) is 51.5 Å². The third-order valence-corrected chi connectivity index (χ3v) is 5.99. The van der Waals surface area contributed by atoms with Gasteiger partial charge in [-0.2, -0.15) is 0 Å². The van der Waals surface area contributed by atoms with Crippen LogP contribution in [0.3, 0.4) is 0 Å². The maximum absolute atomic E-state index is 3.78. The summed E-state index contributed by atoms with van der Waals surface area (Å²) in [4.78, 5) is 1.56. The van der Waals surface area contributed by atoms with Crippen molar-refractivity contribution in [1.29, 1.82) is 0 Å². The second-order valence-electron chi connectivity index (χ2n) is 6.12. The summed E-state index contributed by atoms with van der Waals surface area (Å²) in [5.74, 6) is 3.09. The monoisotopic (exact) mass is 263 g/mol. The Kier molecular flexibility index (Phi) is 4.05. The highest BCUT2D eigenvalue weighted by molar-refractivity contribution is 7.09. The molecular weight excluding hydrogens is 238 g/mol. The Hall–Kier alpha value is -0.340. The SMILES string of the molecule is CCNC(CCc1cccs1)C1CC2CCC1C2. The summed E-state index contributed by atoms with van der Waals surface area (Å²) in [7, 11) is 0. The predicted molar refractivity (Wildman–Crippen MR) is 79.0 cm³/mol. The fourth-order valence-electron chi connectivity index (χ4n) is 4.27. The first-order chi connectivity index (χ1) is 8.86. The van der Waals surface area contributed by atoms with E-state index in [0.717, 1.165) is 30.3 Å². The zero-order valence-electron chi connectivity index (χ0n) is 11.4. The maximum Gasteiger partial charge on any atom is 0.0101 e. The van der Waals surface area contributed by atoms with Crippen LogP contribution in [-0.2, 0) is 6.42 Å². The number of aryl methyl sites for hydroxylation is 1. The Labute approximate surface area is 115 Å². The van der Waals surface area contributed by atoms with Crippen molar-refractivity contribution < 1.29 is 0 Å². The molecule has 1 heterocycles. The zero-order chi connectivity index (χ0) is 12.4. The fourth-order valence-corrected chi connectivity index (χ4v) is 4.99. The van der Waals surface area contributed by atoms with E-state index in [9.17, 15) is 0 Å². The highest BCUT2D eigenvalue weighted by atomic mass is 32.1. The van der Waals surface area contributed by atoms with Crippen molar-refractivity contribution in [2.24, 2.45) is 17.8 Å². The maximum atomic E-state index is 3.78. The first-order valence-corrected chi connectivity index (χ1v) is 8.50. The molecule has 3 rings (SSSR count). The second-order valence-corrected chi connectivity index (χ2v) is 7.15. The molecule has 0 saturated heterocycles. The fraction of sp³-hybridized carbons (Fsp3) is 0.750. The van der Waals surface area contributed by atoms with Gasteiger partial charge < -0.3 is 5.32 Å². The quantitative estimate of drug-likeness (QED) is 0.815. The van der Waals surface area contributed by atoms with Crippen molar-refractivity contribution in [3.05, 3.63) is 22.4 Å². The minimum Gasteiger partial charge on any atom is -0.314 e. The molecule has 0 radical (unpaired) electrons. The summed E-state index contributed by atoms with van der Waals surface area (Å²) < 4.78 is 0. The van der Waals surface area contributed by atoms with Crippen LogP contribution in [0, 0.1) is 17.8 Å². The highest BCUT2D eigenvalue weighted by Gasteiger charge is 2.42. The van der Waals surface area contributed by atoms with Gasteiger partial charge in [0.05, 0.1) is 0 Å². The normalized spacial score (nSPS) is 31.9. The summed E-state index contributed by atoms with van der Waals surface area (Å²) in [5, 5.41) is 5.98. The van der Waals surface area contributed by atoms with E-state index in [1.165, 1.54) is 38.5 Å². The number of hydrogen-bond donors (Lipinski definition) is 1. The van der Waals surface area contributed by atoms with E-state index < -0.39 is 0 Å². The molecule has 2 fully saturated rings. The van der Waals surface area contributed by atoms with Crippen LogP contribution >= 0.6 is 11.3 Å². The minimum absolute atomic E-state index is 0.771.